The van der Waals surface area contributed by atoms with Crippen LogP contribution in [0.1, 0.15) is 11.1 Å². The van der Waals surface area contributed by atoms with Crippen molar-refractivity contribution in [3.05, 3.63) is 92.4 Å². The summed E-state index contributed by atoms with van der Waals surface area (Å²) in [5.74, 6) is 1.70. The normalized spacial score (nSPS) is 14.4. The number of terminal acetylenes is 1. The summed E-state index contributed by atoms with van der Waals surface area (Å²) in [4.78, 5) is 39.4. The van der Waals surface area contributed by atoms with E-state index in [0.29, 0.717) is 32.6 Å². The number of hydrogen-bond donors (Lipinski definition) is 1. The molecule has 36 heavy (non-hydrogen) atoms. The molecule has 4 amide bonds. The van der Waals surface area contributed by atoms with Gasteiger partial charge in [0.05, 0.1) is 10.2 Å². The van der Waals surface area contributed by atoms with Gasteiger partial charge in [-0.1, -0.05) is 52.2 Å². The van der Waals surface area contributed by atoms with E-state index in [9.17, 15) is 14.4 Å². The zero-order valence-corrected chi connectivity index (χ0v) is 21.8. The number of carbonyl (C=O) groups excluding carboxylic acids is 3. The second kappa shape index (κ2) is 11.2. The Morgan fingerprint density at radius 1 is 0.972 bits per heavy atom. The lowest BCUT2D eigenvalue weighted by atomic mass is 10.1. The average molecular weight is 610 g/mol. The van der Waals surface area contributed by atoms with Crippen LogP contribution in [0.5, 0.6) is 11.5 Å². The van der Waals surface area contributed by atoms with Crippen LogP contribution in [0.4, 0.5) is 10.5 Å². The highest BCUT2D eigenvalue weighted by Crippen LogP contribution is 2.35. The molecule has 0 aromatic heterocycles. The van der Waals surface area contributed by atoms with Crippen LogP contribution >= 0.6 is 31.9 Å². The van der Waals surface area contributed by atoms with Crippen LogP contribution in [0.15, 0.2) is 81.2 Å². The first-order valence-electron chi connectivity index (χ1n) is 10.6. The molecule has 7 nitrogen and oxygen atoms in total. The number of imide groups is 2. The number of benzene rings is 3. The number of carbonyl (C=O) groups is 3. The number of anilines is 1. The number of barbiturate groups is 1. The molecule has 1 heterocycles. The molecule has 1 aliphatic heterocycles. The van der Waals surface area contributed by atoms with Gasteiger partial charge in [0, 0.05) is 10.0 Å². The fraction of sp³-hybridized carbons (Fsp3) is 0.0741. The van der Waals surface area contributed by atoms with Crippen molar-refractivity contribution in [1.82, 2.24) is 5.32 Å². The van der Waals surface area contributed by atoms with Crippen LogP contribution in [0.2, 0.25) is 0 Å². The molecule has 1 aliphatic rings. The Morgan fingerprint density at radius 2 is 1.69 bits per heavy atom. The molecule has 0 aliphatic carbocycles. The SMILES string of the molecule is C#CCOc1c(Br)cc(Br)cc1/C=C1\C(=O)NC(=O)N(c2ccc(OCc3ccccc3)cc2)C1=O. The van der Waals surface area contributed by atoms with Crippen LogP contribution in [0.25, 0.3) is 6.08 Å². The van der Waals surface area contributed by atoms with Crippen LogP contribution in [-0.2, 0) is 16.2 Å². The van der Waals surface area contributed by atoms with Crippen molar-refractivity contribution in [2.24, 2.45) is 0 Å². The molecule has 0 radical (unpaired) electrons. The second-order valence-corrected chi connectivity index (χ2v) is 9.29. The second-order valence-electron chi connectivity index (χ2n) is 7.52. The Balaban J connectivity index is 1.60. The number of ether oxygens (including phenoxy) is 2. The Kier molecular flexibility index (Phi) is 7.88. The molecule has 3 aromatic rings. The third kappa shape index (κ3) is 5.67. The summed E-state index contributed by atoms with van der Waals surface area (Å²) in [6.45, 7) is 0.358. The van der Waals surface area contributed by atoms with Crippen LogP contribution in [-0.4, -0.2) is 24.5 Å². The summed E-state index contributed by atoms with van der Waals surface area (Å²) in [7, 11) is 0. The number of hydrogen-bond acceptors (Lipinski definition) is 5. The Labute approximate surface area is 224 Å². The van der Waals surface area contributed by atoms with Gasteiger partial charge in [-0.05, 0) is 64.0 Å². The maximum absolute atomic E-state index is 13.3. The highest BCUT2D eigenvalue weighted by molar-refractivity contribution is 9.11. The van der Waals surface area contributed by atoms with Crippen molar-refractivity contribution < 1.29 is 23.9 Å². The molecule has 1 N–H and O–H groups in total. The predicted octanol–water partition coefficient (Wildman–Crippen LogP) is 5.47. The van der Waals surface area contributed by atoms with Gasteiger partial charge in [-0.25, -0.2) is 9.69 Å². The number of urea groups is 1. The Morgan fingerprint density at radius 3 is 2.39 bits per heavy atom. The van der Waals surface area contributed by atoms with E-state index >= 15 is 0 Å². The monoisotopic (exact) mass is 608 g/mol. The largest absolute Gasteiger partial charge is 0.489 e. The van der Waals surface area contributed by atoms with Crippen molar-refractivity contribution in [1.29, 1.82) is 0 Å². The first kappa shape index (κ1) is 25.2. The van der Waals surface area contributed by atoms with Crippen molar-refractivity contribution in [3.8, 4) is 23.8 Å². The number of halogens is 2. The van der Waals surface area contributed by atoms with Gasteiger partial charge >= 0.3 is 6.03 Å². The first-order valence-corrected chi connectivity index (χ1v) is 12.2. The lowest BCUT2D eigenvalue weighted by Crippen LogP contribution is -2.54. The summed E-state index contributed by atoms with van der Waals surface area (Å²) < 4.78 is 12.6. The van der Waals surface area contributed by atoms with Gasteiger partial charge in [0.25, 0.3) is 11.8 Å². The zero-order valence-electron chi connectivity index (χ0n) is 18.7. The number of nitrogens with one attached hydrogen (secondary N) is 1. The zero-order chi connectivity index (χ0) is 25.7. The maximum atomic E-state index is 13.3. The van der Waals surface area contributed by atoms with E-state index in [0.717, 1.165) is 10.5 Å². The Bertz CT molecular complexity index is 1400. The molecule has 4 rings (SSSR count). The van der Waals surface area contributed by atoms with Gasteiger partial charge in [0.1, 0.15) is 30.3 Å². The number of nitrogens with zero attached hydrogens (tertiary/aromatic N) is 1. The van der Waals surface area contributed by atoms with Crippen molar-refractivity contribution in [2.45, 2.75) is 6.61 Å². The van der Waals surface area contributed by atoms with Gasteiger partial charge in [-0.15, -0.1) is 6.42 Å². The maximum Gasteiger partial charge on any atom is 0.335 e. The molecular formula is C27H18Br2N2O5. The summed E-state index contributed by atoms with van der Waals surface area (Å²) in [6, 6.07) is 18.7. The van der Waals surface area contributed by atoms with E-state index in [1.807, 2.05) is 30.3 Å². The van der Waals surface area contributed by atoms with Crippen LogP contribution in [0, 0.1) is 12.3 Å². The fourth-order valence-corrected chi connectivity index (χ4v) is 4.81. The van der Waals surface area contributed by atoms with E-state index in [4.69, 9.17) is 15.9 Å². The van der Waals surface area contributed by atoms with Gasteiger partial charge in [-0.2, -0.15) is 0 Å². The smallest absolute Gasteiger partial charge is 0.335 e. The summed E-state index contributed by atoms with van der Waals surface area (Å²) in [6.07, 6.45) is 6.66. The molecule has 1 fully saturated rings. The van der Waals surface area contributed by atoms with Crippen molar-refractivity contribution in [2.75, 3.05) is 11.5 Å². The quantitative estimate of drug-likeness (QED) is 0.218. The van der Waals surface area contributed by atoms with Gasteiger partial charge in [-0.3, -0.25) is 14.9 Å². The molecule has 0 saturated carbocycles. The molecule has 0 atom stereocenters. The number of rotatable bonds is 7. The summed E-state index contributed by atoms with van der Waals surface area (Å²) in [5.41, 5.74) is 1.46. The first-order chi connectivity index (χ1) is 17.4. The molecule has 0 unspecified atom stereocenters. The lowest BCUT2D eigenvalue weighted by Gasteiger charge is -2.26. The highest BCUT2D eigenvalue weighted by atomic mass is 79.9. The average Bonchev–Trinajstić information content (AvgIpc) is 2.86. The molecule has 3 aromatic carbocycles. The van der Waals surface area contributed by atoms with E-state index < -0.39 is 17.8 Å². The minimum absolute atomic E-state index is 0.0140. The van der Waals surface area contributed by atoms with Gasteiger partial charge < -0.3 is 9.47 Å². The summed E-state index contributed by atoms with van der Waals surface area (Å²) in [5, 5.41) is 2.21. The van der Waals surface area contributed by atoms with E-state index in [-0.39, 0.29) is 17.9 Å². The van der Waals surface area contributed by atoms with Gasteiger partial charge in [0.2, 0.25) is 0 Å². The Hall–Kier alpha value is -3.87. The van der Waals surface area contributed by atoms with Crippen LogP contribution in [0.3, 0.4) is 0 Å². The van der Waals surface area contributed by atoms with E-state index in [2.05, 4.69) is 43.1 Å². The molecule has 9 heteroatoms. The van der Waals surface area contributed by atoms with E-state index in [1.165, 1.54) is 6.08 Å². The minimum Gasteiger partial charge on any atom is -0.489 e. The third-order valence-corrected chi connectivity index (χ3v) is 6.13. The molecule has 0 spiro atoms. The van der Waals surface area contributed by atoms with Gasteiger partial charge in [0.15, 0.2) is 0 Å². The topological polar surface area (TPSA) is 84.9 Å². The third-order valence-electron chi connectivity index (χ3n) is 5.08. The highest BCUT2D eigenvalue weighted by Gasteiger charge is 2.37. The molecule has 1 saturated heterocycles. The minimum atomic E-state index is -0.848. The number of amides is 4. The van der Waals surface area contributed by atoms with E-state index in [1.54, 1.807) is 36.4 Å². The standard InChI is InChI=1S/C27H18Br2N2O5/c1-2-12-35-24-18(13-19(28)15-23(24)29)14-22-25(32)30-27(34)31(26(22)33)20-8-10-21(11-9-20)36-16-17-6-4-3-5-7-17/h1,3-11,13-15H,12,16H2,(H,30,32,34)/b22-14+. The molecule has 180 valence electrons. The van der Waals surface area contributed by atoms with Crippen molar-refractivity contribution in [3.63, 3.8) is 0 Å². The lowest BCUT2D eigenvalue weighted by molar-refractivity contribution is -0.122. The summed E-state index contributed by atoms with van der Waals surface area (Å²) >= 11 is 6.79. The van der Waals surface area contributed by atoms with Crippen LogP contribution < -0.4 is 19.7 Å². The molecule has 0 bridgehead atoms. The predicted molar refractivity (Wildman–Crippen MR) is 142 cm³/mol. The fourth-order valence-electron chi connectivity index (χ4n) is 3.43. The molecular weight excluding hydrogens is 592 g/mol. The van der Waals surface area contributed by atoms with Crippen molar-refractivity contribution >= 4 is 61.5 Å².